The number of benzene rings is 1. The van der Waals surface area contributed by atoms with Gasteiger partial charge >= 0.3 is 7.12 Å². The first-order chi connectivity index (χ1) is 9.78. The van der Waals surface area contributed by atoms with Gasteiger partial charge in [0.15, 0.2) is 0 Å². The van der Waals surface area contributed by atoms with Crippen molar-refractivity contribution >= 4 is 24.1 Å². The van der Waals surface area contributed by atoms with Crippen LogP contribution in [0.5, 0.6) is 0 Å². The lowest BCUT2D eigenvalue weighted by molar-refractivity contribution is 0.00578. The number of aliphatic imine (C=N–C) groups is 1. The van der Waals surface area contributed by atoms with Crippen molar-refractivity contribution in [3.8, 4) is 0 Å². The second-order valence-corrected chi connectivity index (χ2v) is 7.39. The Hall–Kier alpha value is -1.33. The molecule has 110 valence electrons. The maximum Gasteiger partial charge on any atom is 0.494 e. The summed E-state index contributed by atoms with van der Waals surface area (Å²) in [5, 5.41) is 0. The molecule has 2 heterocycles. The molecule has 0 amide bonds. The summed E-state index contributed by atoms with van der Waals surface area (Å²) in [6, 6.07) is 6.34. The molecule has 0 aromatic heterocycles. The fourth-order valence-corrected chi connectivity index (χ4v) is 3.18. The molecule has 4 nitrogen and oxygen atoms in total. The molecule has 1 aromatic rings. The van der Waals surface area contributed by atoms with Gasteiger partial charge < -0.3 is 15.0 Å². The lowest BCUT2D eigenvalue weighted by atomic mass is 9.78. The summed E-state index contributed by atoms with van der Waals surface area (Å²) < 4.78 is 12.2. The van der Waals surface area contributed by atoms with Crippen molar-refractivity contribution < 1.29 is 9.31 Å². The molecule has 1 aromatic carbocycles. The van der Waals surface area contributed by atoms with Crippen molar-refractivity contribution in [2.24, 2.45) is 16.6 Å². The van der Waals surface area contributed by atoms with Gasteiger partial charge in [-0.1, -0.05) is 12.1 Å². The van der Waals surface area contributed by atoms with E-state index in [-0.39, 0.29) is 18.3 Å². The average molecular weight is 284 g/mol. The summed E-state index contributed by atoms with van der Waals surface area (Å²) in [4.78, 5) is 4.56. The van der Waals surface area contributed by atoms with Crippen LogP contribution in [0.15, 0.2) is 23.2 Å². The van der Waals surface area contributed by atoms with Gasteiger partial charge in [-0.15, -0.1) is 0 Å². The summed E-state index contributed by atoms with van der Waals surface area (Å²) in [6.45, 7) is 8.26. The van der Waals surface area contributed by atoms with E-state index < -0.39 is 0 Å². The fraction of sp³-hybridized carbons (Fsp3) is 0.562. The second-order valence-electron chi connectivity index (χ2n) is 7.39. The minimum absolute atomic E-state index is 0.322. The molecule has 0 radical (unpaired) electrons. The maximum absolute atomic E-state index is 6.10. The molecule has 0 bridgehead atoms. The topological polar surface area (TPSA) is 56.8 Å². The van der Waals surface area contributed by atoms with Gasteiger partial charge in [0.2, 0.25) is 0 Å². The number of hydrogen-bond donors (Lipinski definition) is 1. The molecule has 2 N–H and O–H groups in total. The van der Waals surface area contributed by atoms with Crippen molar-refractivity contribution in [1.82, 2.24) is 0 Å². The molecule has 0 spiro atoms. The summed E-state index contributed by atoms with van der Waals surface area (Å²) in [7, 11) is -0.339. The summed E-state index contributed by atoms with van der Waals surface area (Å²) in [6.07, 6.45) is 1.14. The van der Waals surface area contributed by atoms with E-state index in [0.717, 1.165) is 23.4 Å². The van der Waals surface area contributed by atoms with Gasteiger partial charge in [-0.2, -0.15) is 0 Å². The van der Waals surface area contributed by atoms with E-state index in [0.29, 0.717) is 11.8 Å². The molecule has 2 aliphatic heterocycles. The van der Waals surface area contributed by atoms with Crippen LogP contribution in [0, 0.1) is 5.92 Å². The average Bonchev–Trinajstić information content (AvgIpc) is 3.13. The van der Waals surface area contributed by atoms with E-state index >= 15 is 0 Å². The summed E-state index contributed by atoms with van der Waals surface area (Å²) >= 11 is 0. The van der Waals surface area contributed by atoms with E-state index in [1.165, 1.54) is 5.56 Å². The standard InChI is InChI=1S/C16H21BN2O2/c1-15(2)16(3,4)21-17(20-15)9-5-6-10-11-8-12(11)14(18)19-13(10)7-9/h5-7,11-12H,8H2,1-4H3,(H2,18,19). The number of hydrogen-bond acceptors (Lipinski definition) is 4. The molecule has 21 heavy (non-hydrogen) atoms. The lowest BCUT2D eigenvalue weighted by Gasteiger charge is -2.32. The second kappa shape index (κ2) is 3.90. The quantitative estimate of drug-likeness (QED) is 0.803. The van der Waals surface area contributed by atoms with Crippen molar-refractivity contribution in [2.75, 3.05) is 0 Å². The van der Waals surface area contributed by atoms with E-state index in [1.54, 1.807) is 0 Å². The lowest BCUT2D eigenvalue weighted by Crippen LogP contribution is -2.41. The maximum atomic E-state index is 6.10. The van der Waals surface area contributed by atoms with Crippen LogP contribution in [0.25, 0.3) is 0 Å². The Morgan fingerprint density at radius 1 is 1.14 bits per heavy atom. The van der Waals surface area contributed by atoms with Crippen molar-refractivity contribution in [1.29, 1.82) is 0 Å². The Labute approximate surface area is 125 Å². The monoisotopic (exact) mass is 284 g/mol. The molecule has 1 aliphatic carbocycles. The number of amidine groups is 1. The summed E-state index contributed by atoms with van der Waals surface area (Å²) in [5.74, 6) is 1.82. The van der Waals surface area contributed by atoms with E-state index in [4.69, 9.17) is 15.0 Å². The molecule has 4 rings (SSSR count). The third kappa shape index (κ3) is 1.87. The molecular formula is C16H21BN2O2. The zero-order valence-corrected chi connectivity index (χ0v) is 13.0. The third-order valence-corrected chi connectivity index (χ3v) is 5.40. The van der Waals surface area contributed by atoms with Gasteiger partial charge in [0.25, 0.3) is 0 Å². The highest BCUT2D eigenvalue weighted by Crippen LogP contribution is 2.53. The highest BCUT2D eigenvalue weighted by Gasteiger charge is 2.52. The minimum atomic E-state index is -0.339. The predicted molar refractivity (Wildman–Crippen MR) is 84.3 cm³/mol. The molecule has 2 unspecified atom stereocenters. The Morgan fingerprint density at radius 2 is 1.81 bits per heavy atom. The molecule has 5 heteroatoms. The number of fused-ring (bicyclic) bond motifs is 3. The Bertz CT molecular complexity index is 638. The smallest absolute Gasteiger partial charge is 0.399 e. The van der Waals surface area contributed by atoms with Gasteiger partial charge in [-0.25, -0.2) is 4.99 Å². The van der Waals surface area contributed by atoms with Gasteiger partial charge in [0.1, 0.15) is 5.84 Å². The molecule has 2 fully saturated rings. The first kappa shape index (κ1) is 13.3. The van der Waals surface area contributed by atoms with Crippen LogP contribution in [0.1, 0.15) is 45.6 Å². The fourth-order valence-electron chi connectivity index (χ4n) is 3.18. The zero-order valence-electron chi connectivity index (χ0n) is 13.0. The largest absolute Gasteiger partial charge is 0.494 e. The minimum Gasteiger partial charge on any atom is -0.399 e. The van der Waals surface area contributed by atoms with E-state index in [1.807, 2.05) is 0 Å². The number of nitrogens with zero attached hydrogens (tertiary/aromatic N) is 1. The number of rotatable bonds is 1. The Kier molecular flexibility index (Phi) is 2.48. The number of nitrogens with two attached hydrogens (primary N) is 1. The van der Waals surface area contributed by atoms with Crippen molar-refractivity contribution in [3.05, 3.63) is 23.8 Å². The van der Waals surface area contributed by atoms with Gasteiger partial charge in [0, 0.05) is 5.92 Å². The van der Waals surface area contributed by atoms with Gasteiger partial charge in [-0.05, 0) is 57.1 Å². The van der Waals surface area contributed by atoms with E-state index in [2.05, 4.69) is 50.9 Å². The van der Waals surface area contributed by atoms with Crippen molar-refractivity contribution in [3.63, 3.8) is 0 Å². The van der Waals surface area contributed by atoms with Crippen LogP contribution < -0.4 is 11.2 Å². The highest BCUT2D eigenvalue weighted by atomic mass is 16.7. The molecule has 1 saturated carbocycles. The Morgan fingerprint density at radius 3 is 2.48 bits per heavy atom. The van der Waals surface area contributed by atoms with Gasteiger partial charge in [-0.3, -0.25) is 0 Å². The van der Waals surface area contributed by atoms with Crippen LogP contribution in [0.2, 0.25) is 0 Å². The summed E-state index contributed by atoms with van der Waals surface area (Å²) in [5.41, 5.74) is 8.68. The van der Waals surface area contributed by atoms with Crippen molar-refractivity contribution in [2.45, 2.75) is 51.2 Å². The van der Waals surface area contributed by atoms with Crippen LogP contribution in [-0.4, -0.2) is 24.2 Å². The molecule has 3 aliphatic rings. The molecular weight excluding hydrogens is 263 g/mol. The SMILES string of the molecule is CC1(C)OB(c2ccc3c(c2)N=C(N)C2CC32)OC1(C)C. The van der Waals surface area contributed by atoms with E-state index in [9.17, 15) is 0 Å². The third-order valence-electron chi connectivity index (χ3n) is 5.40. The molecule has 1 saturated heterocycles. The predicted octanol–water partition coefficient (Wildman–Crippen LogP) is 2.09. The van der Waals surface area contributed by atoms with Crippen LogP contribution in [-0.2, 0) is 9.31 Å². The Balaban J connectivity index is 1.68. The first-order valence-corrected chi connectivity index (χ1v) is 7.62. The van der Waals surface area contributed by atoms with Crippen LogP contribution in [0.4, 0.5) is 5.69 Å². The molecule has 2 atom stereocenters. The normalized spacial score (nSPS) is 31.4. The zero-order chi connectivity index (χ0) is 15.0. The van der Waals surface area contributed by atoms with Crippen LogP contribution in [0.3, 0.4) is 0 Å². The first-order valence-electron chi connectivity index (χ1n) is 7.62. The van der Waals surface area contributed by atoms with Crippen LogP contribution >= 0.6 is 0 Å². The highest BCUT2D eigenvalue weighted by molar-refractivity contribution is 6.62. The van der Waals surface area contributed by atoms with Gasteiger partial charge in [0.05, 0.1) is 16.9 Å².